The maximum absolute atomic E-state index is 4.12. The Kier molecular flexibility index (Phi) is 3.10. The summed E-state index contributed by atoms with van der Waals surface area (Å²) in [6.07, 6.45) is 1.10. The summed E-state index contributed by atoms with van der Waals surface area (Å²) in [6.45, 7) is 3.09. The summed E-state index contributed by atoms with van der Waals surface area (Å²) in [5.41, 5.74) is 1.16. The van der Waals surface area contributed by atoms with E-state index in [2.05, 4.69) is 39.3 Å². The van der Waals surface area contributed by atoms with Crippen LogP contribution in [0.15, 0.2) is 16.8 Å². The van der Waals surface area contributed by atoms with Crippen molar-refractivity contribution in [2.45, 2.75) is 13.3 Å². The summed E-state index contributed by atoms with van der Waals surface area (Å²) in [7, 11) is 0. The third-order valence-corrected chi connectivity index (χ3v) is 3.33. The molecule has 74 valence electrons. The third-order valence-electron chi connectivity index (χ3n) is 1.72. The van der Waals surface area contributed by atoms with E-state index in [4.69, 9.17) is 0 Å². The van der Waals surface area contributed by atoms with Crippen LogP contribution in [0.2, 0.25) is 0 Å². The van der Waals surface area contributed by atoms with Crippen LogP contribution in [-0.4, -0.2) is 16.7 Å². The quantitative estimate of drug-likeness (QED) is 0.869. The SMILES string of the molecule is CCCNc1nnc(-c2ccsc2)s1. The van der Waals surface area contributed by atoms with Gasteiger partial charge in [-0.05, 0) is 17.9 Å². The van der Waals surface area contributed by atoms with Gasteiger partial charge in [-0.2, -0.15) is 11.3 Å². The van der Waals surface area contributed by atoms with E-state index in [0.717, 1.165) is 28.7 Å². The summed E-state index contributed by atoms with van der Waals surface area (Å²) in [5.74, 6) is 0. The van der Waals surface area contributed by atoms with E-state index in [1.54, 1.807) is 22.7 Å². The lowest BCUT2D eigenvalue weighted by Gasteiger charge is -1.95. The molecule has 0 unspecified atom stereocenters. The van der Waals surface area contributed by atoms with Gasteiger partial charge >= 0.3 is 0 Å². The maximum Gasteiger partial charge on any atom is 0.206 e. The highest BCUT2D eigenvalue weighted by atomic mass is 32.1. The van der Waals surface area contributed by atoms with Crippen molar-refractivity contribution in [3.63, 3.8) is 0 Å². The van der Waals surface area contributed by atoms with Crippen LogP contribution in [0, 0.1) is 0 Å². The zero-order chi connectivity index (χ0) is 9.80. The highest BCUT2D eigenvalue weighted by molar-refractivity contribution is 7.18. The van der Waals surface area contributed by atoms with Crippen LogP contribution >= 0.6 is 22.7 Å². The number of rotatable bonds is 4. The molecule has 0 spiro atoms. The first kappa shape index (κ1) is 9.61. The second kappa shape index (κ2) is 4.52. The Morgan fingerprint density at radius 3 is 3.07 bits per heavy atom. The maximum atomic E-state index is 4.12. The van der Waals surface area contributed by atoms with E-state index in [0.29, 0.717) is 0 Å². The first-order valence-corrected chi connectivity index (χ1v) is 6.26. The third kappa shape index (κ3) is 2.10. The van der Waals surface area contributed by atoms with Crippen LogP contribution in [0.5, 0.6) is 0 Å². The zero-order valence-corrected chi connectivity index (χ0v) is 9.49. The molecule has 0 saturated heterocycles. The van der Waals surface area contributed by atoms with Crippen LogP contribution in [0.3, 0.4) is 0 Å². The fraction of sp³-hybridized carbons (Fsp3) is 0.333. The van der Waals surface area contributed by atoms with Gasteiger partial charge in [0.15, 0.2) is 0 Å². The molecular formula is C9H11N3S2. The van der Waals surface area contributed by atoms with Gasteiger partial charge in [0, 0.05) is 17.5 Å². The average Bonchev–Trinajstić information content (AvgIpc) is 2.85. The predicted octanol–water partition coefficient (Wildman–Crippen LogP) is 3.09. The van der Waals surface area contributed by atoms with Crippen LogP contribution in [0.4, 0.5) is 5.13 Å². The number of nitrogens with zero attached hydrogens (tertiary/aromatic N) is 2. The molecule has 2 rings (SSSR count). The lowest BCUT2D eigenvalue weighted by atomic mass is 10.4. The van der Waals surface area contributed by atoms with Crippen molar-refractivity contribution in [3.05, 3.63) is 16.8 Å². The van der Waals surface area contributed by atoms with Gasteiger partial charge in [0.05, 0.1) is 0 Å². The van der Waals surface area contributed by atoms with Crippen molar-refractivity contribution in [1.29, 1.82) is 0 Å². The smallest absolute Gasteiger partial charge is 0.206 e. The van der Waals surface area contributed by atoms with E-state index in [1.807, 2.05) is 0 Å². The molecule has 5 heteroatoms. The molecule has 0 radical (unpaired) electrons. The Hall–Kier alpha value is -0.940. The van der Waals surface area contributed by atoms with E-state index in [9.17, 15) is 0 Å². The fourth-order valence-corrected chi connectivity index (χ4v) is 2.51. The van der Waals surface area contributed by atoms with Gasteiger partial charge in [-0.1, -0.05) is 18.3 Å². The van der Waals surface area contributed by atoms with Gasteiger partial charge in [-0.3, -0.25) is 0 Å². The van der Waals surface area contributed by atoms with E-state index < -0.39 is 0 Å². The van der Waals surface area contributed by atoms with Crippen LogP contribution in [0.1, 0.15) is 13.3 Å². The van der Waals surface area contributed by atoms with E-state index >= 15 is 0 Å². The molecule has 14 heavy (non-hydrogen) atoms. The number of nitrogens with one attached hydrogen (secondary N) is 1. The number of aromatic nitrogens is 2. The molecule has 0 aliphatic heterocycles. The molecule has 3 nitrogen and oxygen atoms in total. The summed E-state index contributed by atoms with van der Waals surface area (Å²) >= 11 is 3.28. The Labute approximate surface area is 90.8 Å². The van der Waals surface area contributed by atoms with Crippen molar-refractivity contribution in [2.24, 2.45) is 0 Å². The zero-order valence-electron chi connectivity index (χ0n) is 7.86. The minimum atomic E-state index is 0.910. The van der Waals surface area contributed by atoms with Gasteiger partial charge in [-0.15, -0.1) is 10.2 Å². The average molecular weight is 225 g/mol. The second-order valence-electron chi connectivity index (χ2n) is 2.85. The molecule has 0 bridgehead atoms. The Balaban J connectivity index is 2.10. The fourth-order valence-electron chi connectivity index (χ4n) is 1.03. The van der Waals surface area contributed by atoms with Crippen molar-refractivity contribution >= 4 is 27.8 Å². The molecule has 0 amide bonds. The van der Waals surface area contributed by atoms with E-state index in [-0.39, 0.29) is 0 Å². The topological polar surface area (TPSA) is 37.8 Å². The van der Waals surface area contributed by atoms with Gasteiger partial charge in [-0.25, -0.2) is 0 Å². The minimum Gasteiger partial charge on any atom is -0.360 e. The highest BCUT2D eigenvalue weighted by Gasteiger charge is 2.05. The highest BCUT2D eigenvalue weighted by Crippen LogP contribution is 2.27. The molecule has 2 aromatic rings. The largest absolute Gasteiger partial charge is 0.360 e. The summed E-state index contributed by atoms with van der Waals surface area (Å²) in [5, 5.41) is 17.5. The molecule has 0 atom stereocenters. The lowest BCUT2D eigenvalue weighted by molar-refractivity contribution is 0.964. The molecule has 0 saturated carbocycles. The Morgan fingerprint density at radius 2 is 2.36 bits per heavy atom. The predicted molar refractivity (Wildman–Crippen MR) is 62.0 cm³/mol. The van der Waals surface area contributed by atoms with Crippen LogP contribution in [-0.2, 0) is 0 Å². The Bertz CT molecular complexity index is 380. The molecule has 0 aliphatic rings. The minimum absolute atomic E-state index is 0.910. The molecule has 2 heterocycles. The van der Waals surface area contributed by atoms with E-state index in [1.165, 1.54) is 0 Å². The van der Waals surface area contributed by atoms with Crippen molar-refractivity contribution < 1.29 is 0 Å². The summed E-state index contributed by atoms with van der Waals surface area (Å²) in [4.78, 5) is 0. The standard InChI is InChI=1S/C9H11N3S2/c1-2-4-10-9-12-11-8(14-9)7-3-5-13-6-7/h3,5-6H,2,4H2,1H3,(H,10,12). The van der Waals surface area contributed by atoms with Gasteiger partial charge in [0.25, 0.3) is 0 Å². The number of thiophene rings is 1. The molecule has 1 N–H and O–H groups in total. The molecule has 0 aromatic carbocycles. The first-order chi connectivity index (χ1) is 6.90. The van der Waals surface area contributed by atoms with Gasteiger partial charge in [0.1, 0.15) is 5.01 Å². The van der Waals surface area contributed by atoms with Crippen molar-refractivity contribution in [3.8, 4) is 10.6 Å². The molecule has 2 aromatic heterocycles. The van der Waals surface area contributed by atoms with Crippen molar-refractivity contribution in [1.82, 2.24) is 10.2 Å². The monoisotopic (exact) mass is 225 g/mol. The molecule has 0 aliphatic carbocycles. The second-order valence-corrected chi connectivity index (χ2v) is 4.61. The lowest BCUT2D eigenvalue weighted by Crippen LogP contribution is -1.98. The summed E-state index contributed by atoms with van der Waals surface area (Å²) in [6, 6.07) is 2.06. The number of hydrogen-bond donors (Lipinski definition) is 1. The number of anilines is 1. The number of hydrogen-bond acceptors (Lipinski definition) is 5. The van der Waals surface area contributed by atoms with Gasteiger partial charge in [0.2, 0.25) is 5.13 Å². The van der Waals surface area contributed by atoms with Gasteiger partial charge < -0.3 is 5.32 Å². The molecular weight excluding hydrogens is 214 g/mol. The Morgan fingerprint density at radius 1 is 1.43 bits per heavy atom. The van der Waals surface area contributed by atoms with Crippen LogP contribution < -0.4 is 5.32 Å². The normalized spacial score (nSPS) is 10.4. The first-order valence-electron chi connectivity index (χ1n) is 4.50. The summed E-state index contributed by atoms with van der Waals surface area (Å²) < 4.78 is 0. The van der Waals surface area contributed by atoms with Crippen LogP contribution in [0.25, 0.3) is 10.6 Å². The van der Waals surface area contributed by atoms with Crippen molar-refractivity contribution in [2.75, 3.05) is 11.9 Å². The molecule has 0 fully saturated rings.